The molecule has 4 nitrogen and oxygen atoms in total. The minimum Gasteiger partial charge on any atom is -0.389 e. The summed E-state index contributed by atoms with van der Waals surface area (Å²) >= 11 is 4.91. The minimum absolute atomic E-state index is 0.0464. The molecule has 0 atom stereocenters. The average molecular weight is 281 g/mol. The third-order valence-electron chi connectivity index (χ3n) is 3.48. The summed E-state index contributed by atoms with van der Waals surface area (Å²) in [7, 11) is 0. The molecule has 0 radical (unpaired) electrons. The maximum Gasteiger partial charge on any atom is 0.220 e. The summed E-state index contributed by atoms with van der Waals surface area (Å²) < 4.78 is 13.8. The molecule has 4 N–H and O–H groups in total. The third-order valence-corrected chi connectivity index (χ3v) is 3.68. The van der Waals surface area contributed by atoms with Crippen LogP contribution < -0.4 is 16.4 Å². The number of thiocarbonyl (C=S) groups is 1. The van der Waals surface area contributed by atoms with Gasteiger partial charge in [0.15, 0.2) is 0 Å². The molecule has 0 bridgehead atoms. The second kappa shape index (κ2) is 5.52. The molecular weight excluding hydrogens is 265 g/mol. The summed E-state index contributed by atoms with van der Waals surface area (Å²) in [6.45, 7) is 1.29. The van der Waals surface area contributed by atoms with Crippen LogP contribution in [0, 0.1) is 11.7 Å². The van der Waals surface area contributed by atoms with Gasteiger partial charge in [-0.25, -0.2) is 4.39 Å². The molecule has 0 saturated carbocycles. The zero-order valence-electron chi connectivity index (χ0n) is 10.4. The van der Waals surface area contributed by atoms with E-state index in [1.54, 1.807) is 12.1 Å². The van der Waals surface area contributed by atoms with Crippen LogP contribution in [0.5, 0.6) is 0 Å². The fraction of sp³-hybridized carbons (Fsp3) is 0.385. The molecule has 102 valence electrons. The van der Waals surface area contributed by atoms with E-state index >= 15 is 0 Å². The van der Waals surface area contributed by atoms with Crippen molar-refractivity contribution in [2.45, 2.75) is 12.8 Å². The van der Waals surface area contributed by atoms with Gasteiger partial charge in [0, 0.05) is 24.7 Å². The number of piperidine rings is 1. The first-order chi connectivity index (χ1) is 9.00. The van der Waals surface area contributed by atoms with Crippen molar-refractivity contribution in [1.29, 1.82) is 0 Å². The van der Waals surface area contributed by atoms with Gasteiger partial charge >= 0.3 is 0 Å². The number of carbonyl (C=O) groups is 1. The number of nitrogens with zero attached hydrogens (tertiary/aromatic N) is 1. The van der Waals surface area contributed by atoms with Gasteiger partial charge < -0.3 is 16.4 Å². The van der Waals surface area contributed by atoms with Crippen LogP contribution in [0.25, 0.3) is 0 Å². The smallest absolute Gasteiger partial charge is 0.220 e. The first-order valence-corrected chi connectivity index (χ1v) is 6.54. The average Bonchev–Trinajstić information content (AvgIpc) is 2.38. The number of carbonyl (C=O) groups excluding carboxylic acids is 1. The van der Waals surface area contributed by atoms with Crippen molar-refractivity contribution in [3.8, 4) is 0 Å². The Bertz CT molecular complexity index is 513. The van der Waals surface area contributed by atoms with Crippen LogP contribution in [-0.4, -0.2) is 24.0 Å². The molecule has 1 aliphatic rings. The molecule has 6 heteroatoms. The number of amides is 1. The number of halogens is 1. The van der Waals surface area contributed by atoms with E-state index in [1.165, 1.54) is 6.07 Å². The molecule has 1 aromatic rings. The first kappa shape index (κ1) is 13.7. The molecule has 1 amide bonds. The van der Waals surface area contributed by atoms with E-state index in [0.29, 0.717) is 31.6 Å². The van der Waals surface area contributed by atoms with E-state index in [9.17, 15) is 9.18 Å². The molecule has 0 unspecified atom stereocenters. The molecule has 0 aliphatic carbocycles. The zero-order chi connectivity index (χ0) is 14.0. The van der Waals surface area contributed by atoms with Crippen LogP contribution in [0.1, 0.15) is 18.4 Å². The minimum atomic E-state index is -0.415. The number of primary amides is 1. The lowest BCUT2D eigenvalue weighted by Gasteiger charge is -2.33. The molecule has 0 aromatic heterocycles. The van der Waals surface area contributed by atoms with E-state index in [2.05, 4.69) is 0 Å². The normalized spacial score (nSPS) is 16.4. The summed E-state index contributed by atoms with van der Waals surface area (Å²) in [4.78, 5) is 13.2. The Balaban J connectivity index is 2.22. The van der Waals surface area contributed by atoms with E-state index in [-0.39, 0.29) is 22.4 Å². The molecular formula is C13H16FN3OS. The van der Waals surface area contributed by atoms with Gasteiger partial charge in [0.05, 0.1) is 5.56 Å². The van der Waals surface area contributed by atoms with Gasteiger partial charge in [-0.1, -0.05) is 18.3 Å². The Kier molecular flexibility index (Phi) is 3.99. The quantitative estimate of drug-likeness (QED) is 0.816. The van der Waals surface area contributed by atoms with Crippen molar-refractivity contribution in [2.75, 3.05) is 18.0 Å². The highest BCUT2D eigenvalue weighted by molar-refractivity contribution is 7.80. The first-order valence-electron chi connectivity index (χ1n) is 6.13. The predicted molar refractivity (Wildman–Crippen MR) is 76.4 cm³/mol. The highest BCUT2D eigenvalue weighted by atomic mass is 32.1. The van der Waals surface area contributed by atoms with E-state index in [4.69, 9.17) is 23.7 Å². The number of anilines is 1. The largest absolute Gasteiger partial charge is 0.389 e. The summed E-state index contributed by atoms with van der Waals surface area (Å²) in [6, 6.07) is 4.77. The molecule has 1 fully saturated rings. The fourth-order valence-corrected chi connectivity index (χ4v) is 2.63. The summed E-state index contributed by atoms with van der Waals surface area (Å²) in [5.74, 6) is -0.784. The van der Waals surface area contributed by atoms with Gasteiger partial charge in [0.1, 0.15) is 10.8 Å². The molecule has 1 aromatic carbocycles. The van der Waals surface area contributed by atoms with Crippen molar-refractivity contribution in [1.82, 2.24) is 0 Å². The molecule has 2 rings (SSSR count). The third kappa shape index (κ3) is 2.84. The Morgan fingerprint density at radius 3 is 2.47 bits per heavy atom. The van der Waals surface area contributed by atoms with Crippen molar-refractivity contribution in [3.63, 3.8) is 0 Å². The second-order valence-electron chi connectivity index (χ2n) is 4.66. The zero-order valence-corrected chi connectivity index (χ0v) is 11.3. The Hall–Kier alpha value is -1.69. The van der Waals surface area contributed by atoms with Crippen LogP contribution in [0.2, 0.25) is 0 Å². The van der Waals surface area contributed by atoms with E-state index in [1.807, 2.05) is 4.90 Å². The highest BCUT2D eigenvalue weighted by Gasteiger charge is 2.25. The van der Waals surface area contributed by atoms with Crippen molar-refractivity contribution < 1.29 is 9.18 Å². The highest BCUT2D eigenvalue weighted by Crippen LogP contribution is 2.27. The number of rotatable bonds is 3. The number of benzene rings is 1. The summed E-state index contributed by atoms with van der Waals surface area (Å²) in [6.07, 6.45) is 1.34. The van der Waals surface area contributed by atoms with E-state index < -0.39 is 5.82 Å². The van der Waals surface area contributed by atoms with Crippen LogP contribution >= 0.6 is 12.2 Å². The number of hydrogen-bond donors (Lipinski definition) is 2. The van der Waals surface area contributed by atoms with Crippen molar-refractivity contribution >= 4 is 28.8 Å². The van der Waals surface area contributed by atoms with Gasteiger partial charge in [0.25, 0.3) is 0 Å². The van der Waals surface area contributed by atoms with Gasteiger partial charge in [-0.3, -0.25) is 4.79 Å². The Morgan fingerprint density at radius 2 is 1.95 bits per heavy atom. The van der Waals surface area contributed by atoms with Crippen molar-refractivity contribution in [2.24, 2.45) is 17.4 Å². The molecule has 19 heavy (non-hydrogen) atoms. The van der Waals surface area contributed by atoms with Gasteiger partial charge in [-0.05, 0) is 25.0 Å². The van der Waals surface area contributed by atoms with Crippen LogP contribution in [0.15, 0.2) is 18.2 Å². The standard InChI is InChI=1S/C13H16FN3OS/c14-9-2-1-3-10(11(9)13(16)19)17-6-4-8(5-7-17)12(15)18/h1-3,8H,4-7H2,(H2,15,18)(H2,16,19). The summed E-state index contributed by atoms with van der Waals surface area (Å²) in [5.41, 5.74) is 11.8. The second-order valence-corrected chi connectivity index (χ2v) is 5.10. The SMILES string of the molecule is NC(=O)C1CCN(c2cccc(F)c2C(N)=S)CC1. The Morgan fingerprint density at radius 1 is 1.32 bits per heavy atom. The maximum absolute atomic E-state index is 13.8. The summed E-state index contributed by atoms with van der Waals surface area (Å²) in [5, 5.41) is 0. The van der Waals surface area contributed by atoms with Crippen LogP contribution in [0.4, 0.5) is 10.1 Å². The molecule has 1 aliphatic heterocycles. The maximum atomic E-state index is 13.8. The fourth-order valence-electron chi connectivity index (χ4n) is 2.43. The monoisotopic (exact) mass is 281 g/mol. The lowest BCUT2D eigenvalue weighted by atomic mass is 9.95. The van der Waals surface area contributed by atoms with Crippen LogP contribution in [-0.2, 0) is 4.79 Å². The van der Waals surface area contributed by atoms with E-state index in [0.717, 1.165) is 0 Å². The van der Waals surface area contributed by atoms with Crippen molar-refractivity contribution in [3.05, 3.63) is 29.6 Å². The Labute approximate surface area is 116 Å². The molecule has 0 spiro atoms. The predicted octanol–water partition coefficient (Wildman–Crippen LogP) is 1.16. The molecule has 1 saturated heterocycles. The lowest BCUT2D eigenvalue weighted by Crippen LogP contribution is -2.39. The lowest BCUT2D eigenvalue weighted by molar-refractivity contribution is -0.122. The molecule has 1 heterocycles. The van der Waals surface area contributed by atoms with Crippen LogP contribution in [0.3, 0.4) is 0 Å². The topological polar surface area (TPSA) is 72.4 Å². The van der Waals surface area contributed by atoms with Gasteiger partial charge in [0.2, 0.25) is 5.91 Å². The van der Waals surface area contributed by atoms with Gasteiger partial charge in [-0.2, -0.15) is 0 Å². The van der Waals surface area contributed by atoms with Gasteiger partial charge in [-0.15, -0.1) is 0 Å². The number of hydrogen-bond acceptors (Lipinski definition) is 3. The number of nitrogens with two attached hydrogens (primary N) is 2.